The first-order valence-electron chi connectivity index (χ1n) is 6.32. The normalized spacial score (nSPS) is 18.5. The van der Waals surface area contributed by atoms with Crippen molar-refractivity contribution in [2.24, 2.45) is 10.9 Å². The first-order chi connectivity index (χ1) is 8.26. The van der Waals surface area contributed by atoms with Crippen molar-refractivity contribution in [3.63, 3.8) is 0 Å². The van der Waals surface area contributed by atoms with Gasteiger partial charge >= 0.3 is 0 Å². The highest BCUT2D eigenvalue weighted by Crippen LogP contribution is 2.32. The first kappa shape index (κ1) is 12.0. The Bertz CT molecular complexity index is 405. The van der Waals surface area contributed by atoms with Crippen LogP contribution in [-0.4, -0.2) is 20.8 Å². The summed E-state index contributed by atoms with van der Waals surface area (Å²) >= 11 is 0. The highest BCUT2D eigenvalue weighted by molar-refractivity contribution is 5.95. The van der Waals surface area contributed by atoms with Crippen molar-refractivity contribution < 1.29 is 5.21 Å². The van der Waals surface area contributed by atoms with E-state index in [1.165, 1.54) is 37.8 Å². The average Bonchev–Trinajstić information content (AvgIpc) is 2.83. The van der Waals surface area contributed by atoms with Gasteiger partial charge in [0.15, 0.2) is 5.84 Å². The molecule has 0 spiro atoms. The Morgan fingerprint density at radius 1 is 1.53 bits per heavy atom. The summed E-state index contributed by atoms with van der Waals surface area (Å²) in [5.41, 5.74) is 7.39. The second kappa shape index (κ2) is 5.21. The van der Waals surface area contributed by atoms with Crippen molar-refractivity contribution in [1.82, 2.24) is 9.78 Å². The minimum atomic E-state index is 0.0919. The van der Waals surface area contributed by atoms with Crippen LogP contribution in [0, 0.1) is 0 Å². The third-order valence-corrected chi connectivity index (χ3v) is 3.50. The van der Waals surface area contributed by atoms with Crippen LogP contribution in [0.15, 0.2) is 11.2 Å². The highest BCUT2D eigenvalue weighted by Gasteiger charge is 2.21. The van der Waals surface area contributed by atoms with Gasteiger partial charge in [0.25, 0.3) is 0 Å². The fourth-order valence-electron chi connectivity index (χ4n) is 2.59. The molecule has 0 saturated heterocycles. The van der Waals surface area contributed by atoms with E-state index in [9.17, 15) is 0 Å². The third kappa shape index (κ3) is 2.43. The summed E-state index contributed by atoms with van der Waals surface area (Å²) in [5.74, 6) is 0.672. The number of nitrogens with zero attached hydrogens (tertiary/aromatic N) is 3. The second-order valence-corrected chi connectivity index (χ2v) is 4.59. The summed E-state index contributed by atoms with van der Waals surface area (Å²) in [4.78, 5) is 0. The predicted octanol–water partition coefficient (Wildman–Crippen LogP) is 2.05. The van der Waals surface area contributed by atoms with E-state index in [1.807, 2.05) is 10.7 Å². The lowest BCUT2D eigenvalue weighted by atomic mass is 9.87. The van der Waals surface area contributed by atoms with E-state index in [0.717, 1.165) is 6.54 Å². The number of nitrogens with two attached hydrogens (primary N) is 1. The van der Waals surface area contributed by atoms with Crippen LogP contribution in [0.5, 0.6) is 0 Å². The molecule has 0 unspecified atom stereocenters. The molecule has 0 aliphatic heterocycles. The number of aromatic nitrogens is 2. The fourth-order valence-corrected chi connectivity index (χ4v) is 2.59. The maximum absolute atomic E-state index is 8.69. The largest absolute Gasteiger partial charge is 0.409 e. The lowest BCUT2D eigenvalue weighted by Crippen LogP contribution is -2.14. The topological polar surface area (TPSA) is 76.4 Å². The van der Waals surface area contributed by atoms with Crippen LogP contribution >= 0.6 is 0 Å². The number of hydrogen-bond donors (Lipinski definition) is 2. The van der Waals surface area contributed by atoms with Gasteiger partial charge in [-0.1, -0.05) is 24.4 Å². The first-order valence-corrected chi connectivity index (χ1v) is 6.32. The smallest absolute Gasteiger partial charge is 0.190 e. The molecule has 0 aromatic carbocycles. The van der Waals surface area contributed by atoms with Gasteiger partial charge in [0.1, 0.15) is 5.69 Å². The van der Waals surface area contributed by atoms with Gasteiger partial charge in [-0.05, 0) is 25.8 Å². The fraction of sp³-hybridized carbons (Fsp3) is 0.667. The van der Waals surface area contributed by atoms with Crippen LogP contribution in [0.3, 0.4) is 0 Å². The summed E-state index contributed by atoms with van der Waals surface area (Å²) in [6.45, 7) is 2.89. The summed E-state index contributed by atoms with van der Waals surface area (Å²) in [6.07, 6.45) is 6.36. The summed E-state index contributed by atoms with van der Waals surface area (Å²) in [5, 5.41) is 16.1. The molecule has 0 amide bonds. The van der Waals surface area contributed by atoms with E-state index in [0.29, 0.717) is 11.6 Å². The van der Waals surface area contributed by atoms with Gasteiger partial charge in [0, 0.05) is 18.2 Å². The van der Waals surface area contributed by atoms with Gasteiger partial charge in [-0.3, -0.25) is 4.68 Å². The Balaban J connectivity index is 2.28. The van der Waals surface area contributed by atoms with Gasteiger partial charge in [0.05, 0.1) is 0 Å². The molecule has 1 saturated carbocycles. The minimum Gasteiger partial charge on any atom is -0.409 e. The van der Waals surface area contributed by atoms with Gasteiger partial charge in [0.2, 0.25) is 0 Å². The molecule has 0 bridgehead atoms. The van der Waals surface area contributed by atoms with E-state index in [4.69, 9.17) is 10.9 Å². The molecule has 17 heavy (non-hydrogen) atoms. The molecule has 1 aliphatic carbocycles. The van der Waals surface area contributed by atoms with Crippen molar-refractivity contribution in [3.8, 4) is 0 Å². The van der Waals surface area contributed by atoms with E-state index in [2.05, 4.69) is 17.2 Å². The van der Waals surface area contributed by atoms with Crippen LogP contribution in [0.25, 0.3) is 0 Å². The molecular weight excluding hydrogens is 216 g/mol. The molecule has 0 atom stereocenters. The quantitative estimate of drug-likeness (QED) is 0.365. The van der Waals surface area contributed by atoms with Crippen molar-refractivity contribution in [2.75, 3.05) is 0 Å². The Labute approximate surface area is 101 Å². The number of rotatable bonds is 3. The van der Waals surface area contributed by atoms with Crippen molar-refractivity contribution in [2.45, 2.75) is 51.5 Å². The molecule has 2 rings (SSSR count). The molecule has 94 valence electrons. The summed E-state index contributed by atoms with van der Waals surface area (Å²) < 4.78 is 1.98. The van der Waals surface area contributed by atoms with Crippen LogP contribution < -0.4 is 5.73 Å². The Kier molecular flexibility index (Phi) is 3.66. The molecule has 5 heteroatoms. The van der Waals surface area contributed by atoms with Crippen LogP contribution in [0.4, 0.5) is 0 Å². The van der Waals surface area contributed by atoms with Gasteiger partial charge in [-0.2, -0.15) is 5.10 Å². The standard InChI is InChI=1S/C12H20N4O/c1-2-16-11(9-6-4-3-5-7-9)8-10(14-16)12(13)15-17/h8-9,17H,2-7H2,1H3,(H2,13,15). The number of aryl methyl sites for hydroxylation is 1. The zero-order valence-electron chi connectivity index (χ0n) is 10.3. The molecule has 1 fully saturated rings. The molecule has 5 nitrogen and oxygen atoms in total. The number of amidine groups is 1. The van der Waals surface area contributed by atoms with Crippen LogP contribution in [0.1, 0.15) is 56.3 Å². The molecule has 0 radical (unpaired) electrons. The molecule has 1 aliphatic rings. The average molecular weight is 236 g/mol. The van der Waals surface area contributed by atoms with E-state index in [-0.39, 0.29) is 5.84 Å². The predicted molar refractivity (Wildman–Crippen MR) is 66.2 cm³/mol. The lowest BCUT2D eigenvalue weighted by molar-refractivity contribution is 0.318. The zero-order chi connectivity index (χ0) is 12.3. The van der Waals surface area contributed by atoms with E-state index >= 15 is 0 Å². The number of oxime groups is 1. The summed E-state index contributed by atoms with van der Waals surface area (Å²) in [7, 11) is 0. The Hall–Kier alpha value is -1.52. The highest BCUT2D eigenvalue weighted by atomic mass is 16.4. The maximum atomic E-state index is 8.69. The van der Waals surface area contributed by atoms with Crippen molar-refractivity contribution in [3.05, 3.63) is 17.5 Å². The zero-order valence-corrected chi connectivity index (χ0v) is 10.3. The van der Waals surface area contributed by atoms with Crippen molar-refractivity contribution in [1.29, 1.82) is 0 Å². The monoisotopic (exact) mass is 236 g/mol. The number of hydrogen-bond acceptors (Lipinski definition) is 3. The third-order valence-electron chi connectivity index (χ3n) is 3.50. The van der Waals surface area contributed by atoms with Crippen LogP contribution in [0.2, 0.25) is 0 Å². The molecule has 1 aromatic rings. The van der Waals surface area contributed by atoms with E-state index in [1.54, 1.807) is 0 Å². The molecular formula is C12H20N4O. The Morgan fingerprint density at radius 2 is 2.24 bits per heavy atom. The maximum Gasteiger partial charge on any atom is 0.190 e. The minimum absolute atomic E-state index is 0.0919. The van der Waals surface area contributed by atoms with Gasteiger partial charge in [-0.25, -0.2) is 0 Å². The van der Waals surface area contributed by atoms with Crippen LogP contribution in [-0.2, 0) is 6.54 Å². The lowest BCUT2D eigenvalue weighted by Gasteiger charge is -2.22. The van der Waals surface area contributed by atoms with Crippen molar-refractivity contribution >= 4 is 5.84 Å². The van der Waals surface area contributed by atoms with Gasteiger partial charge < -0.3 is 10.9 Å². The molecule has 3 N–H and O–H groups in total. The molecule has 1 heterocycles. The SMILES string of the molecule is CCn1nc(C(N)=NO)cc1C1CCCCC1. The summed E-state index contributed by atoms with van der Waals surface area (Å²) in [6, 6.07) is 1.97. The van der Waals surface area contributed by atoms with Gasteiger partial charge in [-0.15, -0.1) is 0 Å². The molecule has 1 aromatic heterocycles. The van der Waals surface area contributed by atoms with E-state index < -0.39 is 0 Å². The second-order valence-electron chi connectivity index (χ2n) is 4.59. The Morgan fingerprint density at radius 3 is 2.82 bits per heavy atom.